The first-order valence-corrected chi connectivity index (χ1v) is 10.9. The molecule has 1 aromatic heterocycles. The molecule has 0 spiro atoms. The van der Waals surface area contributed by atoms with E-state index >= 15 is 0 Å². The number of rotatable bonds is 13. The molecule has 2 rings (SSSR count). The number of alkyl halides is 3. The third-order valence-electron chi connectivity index (χ3n) is 5.34. The van der Waals surface area contributed by atoms with Gasteiger partial charge in [0.2, 0.25) is 5.82 Å². The summed E-state index contributed by atoms with van der Waals surface area (Å²) in [7, 11) is 0. The quantitative estimate of drug-likeness (QED) is 0.476. The van der Waals surface area contributed by atoms with E-state index in [0.717, 1.165) is 26.1 Å². The molecule has 0 amide bonds. The molecule has 29 heavy (non-hydrogen) atoms. The summed E-state index contributed by atoms with van der Waals surface area (Å²) >= 11 is 0. The van der Waals surface area contributed by atoms with E-state index in [1.807, 2.05) is 0 Å². The van der Waals surface area contributed by atoms with Gasteiger partial charge in [-0.15, -0.1) is 0 Å². The Kier molecular flexibility index (Phi) is 10.9. The van der Waals surface area contributed by atoms with Gasteiger partial charge in [0, 0.05) is 37.6 Å². The van der Waals surface area contributed by atoms with E-state index in [-0.39, 0.29) is 6.04 Å². The maximum atomic E-state index is 12.7. The topological polar surface area (TPSA) is 50.3 Å². The number of hydrogen-bond donors (Lipinski definition) is 1. The van der Waals surface area contributed by atoms with E-state index in [1.165, 1.54) is 57.3 Å². The lowest BCUT2D eigenvalue weighted by molar-refractivity contribution is -0.145. The summed E-state index contributed by atoms with van der Waals surface area (Å²) in [5.41, 5.74) is 0.711. The van der Waals surface area contributed by atoms with E-state index < -0.39 is 12.0 Å². The summed E-state index contributed by atoms with van der Waals surface area (Å²) < 4.78 is 43.7. The number of aromatic nitrogens is 2. The minimum absolute atomic E-state index is 0.0461. The molecule has 5 nitrogen and oxygen atoms in total. The molecule has 1 aliphatic heterocycles. The second kappa shape index (κ2) is 13.1. The zero-order chi connectivity index (χ0) is 21.0. The number of unbranched alkanes of at least 4 members (excludes halogenated alkanes) is 7. The van der Waals surface area contributed by atoms with Gasteiger partial charge in [0.25, 0.3) is 0 Å². The van der Waals surface area contributed by atoms with Gasteiger partial charge in [-0.05, 0) is 13.0 Å². The van der Waals surface area contributed by atoms with Crippen molar-refractivity contribution in [3.63, 3.8) is 0 Å². The number of nitrogens with zero attached hydrogens (tertiary/aromatic N) is 3. The molecule has 1 unspecified atom stereocenters. The normalized spacial score (nSPS) is 16.8. The van der Waals surface area contributed by atoms with Gasteiger partial charge >= 0.3 is 6.18 Å². The van der Waals surface area contributed by atoms with Gasteiger partial charge in [-0.1, -0.05) is 51.9 Å². The maximum Gasteiger partial charge on any atom is 0.451 e. The lowest BCUT2D eigenvalue weighted by Gasteiger charge is -2.34. The van der Waals surface area contributed by atoms with E-state index in [2.05, 4.69) is 27.1 Å². The van der Waals surface area contributed by atoms with E-state index in [4.69, 9.17) is 4.74 Å². The average Bonchev–Trinajstić information content (AvgIpc) is 2.72. The fourth-order valence-corrected chi connectivity index (χ4v) is 3.63. The predicted octanol–water partition coefficient (Wildman–Crippen LogP) is 4.60. The molecule has 1 saturated heterocycles. The second-order valence-electron chi connectivity index (χ2n) is 7.68. The average molecular weight is 417 g/mol. The molecule has 0 aliphatic carbocycles. The van der Waals surface area contributed by atoms with Gasteiger partial charge in [-0.2, -0.15) is 13.2 Å². The largest absolute Gasteiger partial charge is 0.451 e. The molecule has 1 aromatic rings. The Labute approximate surface area is 172 Å². The van der Waals surface area contributed by atoms with Crippen molar-refractivity contribution < 1.29 is 17.9 Å². The highest BCUT2D eigenvalue weighted by Gasteiger charge is 2.34. The van der Waals surface area contributed by atoms with Crippen molar-refractivity contribution in [3.05, 3.63) is 23.8 Å². The molecule has 1 N–H and O–H groups in total. The van der Waals surface area contributed by atoms with Crippen LogP contribution in [-0.2, 0) is 10.9 Å². The number of morpholine rings is 1. The molecule has 1 aliphatic rings. The zero-order valence-corrected chi connectivity index (χ0v) is 17.5. The van der Waals surface area contributed by atoms with E-state index in [0.29, 0.717) is 25.3 Å². The SMILES string of the molecule is CCCCCCCCCCNCC(c1cnc(C(F)(F)F)nc1)N1CCOCC1. The summed E-state index contributed by atoms with van der Waals surface area (Å²) in [5, 5.41) is 3.48. The lowest BCUT2D eigenvalue weighted by Crippen LogP contribution is -2.43. The van der Waals surface area contributed by atoms with Crippen LogP contribution in [0.4, 0.5) is 13.2 Å². The molecule has 2 heterocycles. The third-order valence-corrected chi connectivity index (χ3v) is 5.34. The Morgan fingerprint density at radius 2 is 1.59 bits per heavy atom. The van der Waals surface area contributed by atoms with Crippen LogP contribution in [0.2, 0.25) is 0 Å². The Balaban J connectivity index is 1.78. The highest BCUT2D eigenvalue weighted by atomic mass is 19.4. The summed E-state index contributed by atoms with van der Waals surface area (Å²) in [4.78, 5) is 9.32. The van der Waals surface area contributed by atoms with Gasteiger partial charge in [0.15, 0.2) is 0 Å². The fraction of sp³-hybridized carbons (Fsp3) is 0.810. The van der Waals surface area contributed by atoms with Crippen molar-refractivity contribution in [1.29, 1.82) is 0 Å². The van der Waals surface area contributed by atoms with Crippen molar-refractivity contribution in [2.24, 2.45) is 0 Å². The van der Waals surface area contributed by atoms with Gasteiger partial charge in [0.05, 0.1) is 19.3 Å². The molecule has 0 bridgehead atoms. The second-order valence-corrected chi connectivity index (χ2v) is 7.68. The van der Waals surface area contributed by atoms with Crippen LogP contribution in [0.5, 0.6) is 0 Å². The van der Waals surface area contributed by atoms with Crippen LogP contribution in [0.1, 0.15) is 75.7 Å². The van der Waals surface area contributed by atoms with Crippen LogP contribution in [0, 0.1) is 0 Å². The number of ether oxygens (including phenoxy) is 1. The van der Waals surface area contributed by atoms with Crippen molar-refractivity contribution in [3.8, 4) is 0 Å². The van der Waals surface area contributed by atoms with Crippen LogP contribution >= 0.6 is 0 Å². The Morgan fingerprint density at radius 1 is 1.00 bits per heavy atom. The molecule has 0 saturated carbocycles. The molecule has 0 radical (unpaired) electrons. The Bertz CT molecular complexity index is 548. The predicted molar refractivity (Wildman–Crippen MR) is 108 cm³/mol. The summed E-state index contributed by atoms with van der Waals surface area (Å²) in [6.07, 6.45) is 8.29. The van der Waals surface area contributed by atoms with Crippen molar-refractivity contribution in [2.75, 3.05) is 39.4 Å². The summed E-state index contributed by atoms with van der Waals surface area (Å²) in [6.45, 7) is 6.59. The third kappa shape index (κ3) is 8.97. The van der Waals surface area contributed by atoms with Crippen molar-refractivity contribution in [1.82, 2.24) is 20.2 Å². The van der Waals surface area contributed by atoms with Crippen LogP contribution in [0.25, 0.3) is 0 Å². The molecule has 1 fully saturated rings. The first kappa shape index (κ1) is 24.0. The molecular weight excluding hydrogens is 381 g/mol. The van der Waals surface area contributed by atoms with E-state index in [1.54, 1.807) is 0 Å². The van der Waals surface area contributed by atoms with Gasteiger partial charge in [-0.3, -0.25) is 4.90 Å². The first-order valence-electron chi connectivity index (χ1n) is 10.9. The monoisotopic (exact) mass is 416 g/mol. The van der Waals surface area contributed by atoms with Crippen molar-refractivity contribution in [2.45, 2.75) is 70.5 Å². The van der Waals surface area contributed by atoms with Crippen LogP contribution in [-0.4, -0.2) is 54.3 Å². The first-order chi connectivity index (χ1) is 14.0. The summed E-state index contributed by atoms with van der Waals surface area (Å²) in [6, 6.07) is -0.0461. The Morgan fingerprint density at radius 3 is 2.17 bits per heavy atom. The van der Waals surface area contributed by atoms with Crippen LogP contribution in [0.3, 0.4) is 0 Å². The molecular formula is C21H35F3N4O. The lowest BCUT2D eigenvalue weighted by atomic mass is 10.1. The fourth-order valence-electron chi connectivity index (χ4n) is 3.63. The van der Waals surface area contributed by atoms with Crippen LogP contribution in [0.15, 0.2) is 12.4 Å². The number of hydrogen-bond acceptors (Lipinski definition) is 5. The highest BCUT2D eigenvalue weighted by molar-refractivity contribution is 5.13. The molecule has 166 valence electrons. The van der Waals surface area contributed by atoms with Gasteiger partial charge < -0.3 is 10.1 Å². The maximum absolute atomic E-state index is 12.7. The minimum Gasteiger partial charge on any atom is -0.379 e. The number of nitrogens with one attached hydrogen (secondary N) is 1. The van der Waals surface area contributed by atoms with Crippen LogP contribution < -0.4 is 5.32 Å². The molecule has 1 atom stereocenters. The Hall–Kier alpha value is -1.25. The zero-order valence-electron chi connectivity index (χ0n) is 17.5. The smallest absolute Gasteiger partial charge is 0.379 e. The molecule has 8 heteroatoms. The van der Waals surface area contributed by atoms with Gasteiger partial charge in [0.1, 0.15) is 0 Å². The van der Waals surface area contributed by atoms with Crippen molar-refractivity contribution >= 4 is 0 Å². The number of halogens is 3. The standard InChI is InChI=1S/C21H35F3N4O/c1-2-3-4-5-6-7-8-9-10-25-17-19(28-11-13-29-14-12-28)18-15-26-20(27-16-18)21(22,23)24/h15-16,19,25H,2-14,17H2,1H3. The minimum atomic E-state index is -4.51. The summed E-state index contributed by atoms with van der Waals surface area (Å²) in [5.74, 6) is -1.09. The van der Waals surface area contributed by atoms with E-state index in [9.17, 15) is 13.2 Å². The molecule has 0 aromatic carbocycles. The highest BCUT2D eigenvalue weighted by Crippen LogP contribution is 2.27. The van der Waals surface area contributed by atoms with Gasteiger partial charge in [-0.25, -0.2) is 9.97 Å².